The molecule has 8 nitrogen and oxygen atoms in total. The SMILES string of the molecule is CCn1cncc1CNC(=O)CC1CCCN(c2nc3cc(OC)ccc3o2)C1. The molecule has 3 heterocycles. The van der Waals surface area contributed by atoms with Crippen LogP contribution in [0.1, 0.15) is 31.9 Å². The second kappa shape index (κ2) is 8.55. The highest BCUT2D eigenvalue weighted by atomic mass is 16.5. The van der Waals surface area contributed by atoms with Crippen LogP contribution in [0.3, 0.4) is 0 Å². The van der Waals surface area contributed by atoms with Crippen LogP contribution in [0.15, 0.2) is 35.1 Å². The molecule has 1 saturated heterocycles. The normalized spacial score (nSPS) is 16.9. The monoisotopic (exact) mass is 397 g/mol. The number of rotatable bonds is 7. The van der Waals surface area contributed by atoms with Gasteiger partial charge in [0.15, 0.2) is 5.58 Å². The molecule has 1 unspecified atom stereocenters. The molecule has 1 fully saturated rings. The molecule has 154 valence electrons. The van der Waals surface area contributed by atoms with Gasteiger partial charge in [0, 0.05) is 38.3 Å². The number of anilines is 1. The number of hydrogen-bond acceptors (Lipinski definition) is 6. The van der Waals surface area contributed by atoms with Gasteiger partial charge in [-0.2, -0.15) is 4.98 Å². The minimum Gasteiger partial charge on any atom is -0.497 e. The number of ether oxygens (including phenoxy) is 1. The summed E-state index contributed by atoms with van der Waals surface area (Å²) in [4.78, 5) is 23.3. The number of carbonyl (C=O) groups is 1. The Hall–Kier alpha value is -3.03. The van der Waals surface area contributed by atoms with E-state index in [0.717, 1.165) is 55.0 Å². The second-order valence-electron chi connectivity index (χ2n) is 7.44. The van der Waals surface area contributed by atoms with E-state index in [1.807, 2.05) is 22.8 Å². The van der Waals surface area contributed by atoms with E-state index in [4.69, 9.17) is 9.15 Å². The van der Waals surface area contributed by atoms with Crippen molar-refractivity contribution in [1.29, 1.82) is 0 Å². The number of aromatic nitrogens is 3. The first kappa shape index (κ1) is 19.3. The smallest absolute Gasteiger partial charge is 0.298 e. The van der Waals surface area contributed by atoms with Crippen LogP contribution in [-0.4, -0.2) is 40.6 Å². The number of nitrogens with one attached hydrogen (secondary N) is 1. The number of oxazole rings is 1. The van der Waals surface area contributed by atoms with Crippen molar-refractivity contribution in [2.24, 2.45) is 5.92 Å². The number of fused-ring (bicyclic) bond motifs is 1. The van der Waals surface area contributed by atoms with Crippen molar-refractivity contribution < 1.29 is 13.9 Å². The minimum atomic E-state index is 0.0722. The molecule has 0 bridgehead atoms. The van der Waals surface area contributed by atoms with Gasteiger partial charge < -0.3 is 23.9 Å². The van der Waals surface area contributed by atoms with Crippen LogP contribution in [0.2, 0.25) is 0 Å². The summed E-state index contributed by atoms with van der Waals surface area (Å²) in [5.74, 6) is 1.11. The van der Waals surface area contributed by atoms with Crippen LogP contribution in [-0.2, 0) is 17.9 Å². The molecule has 2 aromatic heterocycles. The number of hydrogen-bond donors (Lipinski definition) is 1. The van der Waals surface area contributed by atoms with Crippen LogP contribution in [0.5, 0.6) is 5.75 Å². The van der Waals surface area contributed by atoms with E-state index in [0.29, 0.717) is 19.0 Å². The molecule has 0 aliphatic carbocycles. The summed E-state index contributed by atoms with van der Waals surface area (Å²) < 4.78 is 13.2. The van der Waals surface area contributed by atoms with E-state index in [1.165, 1.54) is 0 Å². The van der Waals surface area contributed by atoms with E-state index >= 15 is 0 Å². The van der Waals surface area contributed by atoms with Gasteiger partial charge >= 0.3 is 0 Å². The number of imidazole rings is 1. The fraction of sp³-hybridized carbons (Fsp3) is 0.476. The van der Waals surface area contributed by atoms with Gasteiger partial charge in [0.1, 0.15) is 11.3 Å². The van der Waals surface area contributed by atoms with Crippen molar-refractivity contribution in [1.82, 2.24) is 19.9 Å². The number of methoxy groups -OCH3 is 1. The molecule has 1 amide bonds. The molecule has 0 spiro atoms. The average molecular weight is 397 g/mol. The lowest BCUT2D eigenvalue weighted by Crippen LogP contribution is -2.38. The molecule has 29 heavy (non-hydrogen) atoms. The molecule has 8 heteroatoms. The van der Waals surface area contributed by atoms with Gasteiger partial charge in [0.05, 0.1) is 25.7 Å². The minimum absolute atomic E-state index is 0.0722. The molecule has 0 radical (unpaired) electrons. The first-order valence-electron chi connectivity index (χ1n) is 10.1. The number of aryl methyl sites for hydroxylation is 1. The molecular formula is C21H27N5O3. The van der Waals surface area contributed by atoms with Crippen molar-refractivity contribution >= 4 is 23.0 Å². The summed E-state index contributed by atoms with van der Waals surface area (Å²) in [5, 5.41) is 3.02. The molecule has 1 atom stereocenters. The topological polar surface area (TPSA) is 85.4 Å². The standard InChI is InChI=1S/C21H27N5O3/c1-3-25-14-22-11-16(25)12-23-20(27)9-15-5-4-8-26(13-15)21-24-18-10-17(28-2)6-7-19(18)29-21/h6-7,10-11,14-15H,3-5,8-9,12-13H2,1-2H3,(H,23,27). The van der Waals surface area contributed by atoms with Gasteiger partial charge in [0.2, 0.25) is 5.91 Å². The number of nitrogens with zero attached hydrogens (tertiary/aromatic N) is 4. The molecule has 1 aliphatic heterocycles. The third kappa shape index (κ3) is 4.36. The molecule has 4 rings (SSSR count). The number of amides is 1. The van der Waals surface area contributed by atoms with E-state index in [9.17, 15) is 4.79 Å². The predicted molar refractivity (Wildman–Crippen MR) is 110 cm³/mol. The molecule has 1 aromatic carbocycles. The quantitative estimate of drug-likeness (QED) is 0.660. The van der Waals surface area contributed by atoms with E-state index in [-0.39, 0.29) is 11.8 Å². The lowest BCUT2D eigenvalue weighted by molar-refractivity contribution is -0.122. The van der Waals surface area contributed by atoms with Gasteiger partial charge in [-0.3, -0.25) is 4.79 Å². The predicted octanol–water partition coefficient (Wildman–Crippen LogP) is 2.98. The lowest BCUT2D eigenvalue weighted by atomic mass is 9.94. The van der Waals surface area contributed by atoms with E-state index in [1.54, 1.807) is 19.6 Å². The van der Waals surface area contributed by atoms with Gasteiger partial charge in [-0.15, -0.1) is 0 Å². The molecule has 3 aromatic rings. The van der Waals surface area contributed by atoms with Crippen molar-refractivity contribution in [3.8, 4) is 5.75 Å². The Kier molecular flexibility index (Phi) is 5.69. The van der Waals surface area contributed by atoms with Gasteiger partial charge in [-0.1, -0.05) is 0 Å². The Bertz CT molecular complexity index is 980. The Morgan fingerprint density at radius 2 is 2.31 bits per heavy atom. The van der Waals surface area contributed by atoms with E-state index in [2.05, 4.69) is 27.1 Å². The van der Waals surface area contributed by atoms with Crippen molar-refractivity contribution in [3.05, 3.63) is 36.4 Å². The maximum absolute atomic E-state index is 12.4. The number of benzene rings is 1. The van der Waals surface area contributed by atoms with Crippen molar-refractivity contribution in [2.75, 3.05) is 25.1 Å². The third-order valence-electron chi connectivity index (χ3n) is 5.45. The Morgan fingerprint density at radius 3 is 3.14 bits per heavy atom. The van der Waals surface area contributed by atoms with E-state index < -0.39 is 0 Å². The van der Waals surface area contributed by atoms with Crippen LogP contribution in [0, 0.1) is 5.92 Å². The first-order valence-corrected chi connectivity index (χ1v) is 10.1. The summed E-state index contributed by atoms with van der Waals surface area (Å²) in [7, 11) is 1.64. The van der Waals surface area contributed by atoms with Gasteiger partial charge in [-0.25, -0.2) is 4.98 Å². The number of carbonyl (C=O) groups excluding carboxylic acids is 1. The summed E-state index contributed by atoms with van der Waals surface area (Å²) in [6.07, 6.45) is 6.14. The average Bonchev–Trinajstić information content (AvgIpc) is 3.38. The zero-order valence-electron chi connectivity index (χ0n) is 16.9. The summed E-state index contributed by atoms with van der Waals surface area (Å²) in [6, 6.07) is 6.23. The Labute approximate surface area is 169 Å². The fourth-order valence-corrected chi connectivity index (χ4v) is 3.87. The fourth-order valence-electron chi connectivity index (χ4n) is 3.87. The summed E-state index contributed by atoms with van der Waals surface area (Å²) in [5.41, 5.74) is 2.55. The maximum atomic E-state index is 12.4. The van der Waals surface area contributed by atoms with Crippen LogP contribution in [0.4, 0.5) is 6.01 Å². The Balaban J connectivity index is 1.35. The molecule has 1 N–H and O–H groups in total. The first-order chi connectivity index (χ1) is 14.2. The highest BCUT2D eigenvalue weighted by Gasteiger charge is 2.25. The van der Waals surface area contributed by atoms with Crippen molar-refractivity contribution in [2.45, 2.75) is 39.3 Å². The third-order valence-corrected chi connectivity index (χ3v) is 5.45. The highest BCUT2D eigenvalue weighted by Crippen LogP contribution is 2.29. The van der Waals surface area contributed by atoms with Crippen LogP contribution >= 0.6 is 0 Å². The highest BCUT2D eigenvalue weighted by molar-refractivity contribution is 5.77. The lowest BCUT2D eigenvalue weighted by Gasteiger charge is -2.31. The van der Waals surface area contributed by atoms with Gasteiger partial charge in [-0.05, 0) is 37.8 Å². The Morgan fingerprint density at radius 1 is 1.41 bits per heavy atom. The largest absolute Gasteiger partial charge is 0.497 e. The summed E-state index contributed by atoms with van der Waals surface area (Å²) >= 11 is 0. The summed E-state index contributed by atoms with van der Waals surface area (Å²) in [6.45, 7) is 5.07. The molecule has 1 aliphatic rings. The zero-order valence-corrected chi connectivity index (χ0v) is 16.9. The van der Waals surface area contributed by atoms with Crippen LogP contribution < -0.4 is 15.0 Å². The van der Waals surface area contributed by atoms with Crippen molar-refractivity contribution in [3.63, 3.8) is 0 Å². The second-order valence-corrected chi connectivity index (χ2v) is 7.44. The zero-order chi connectivity index (χ0) is 20.2. The molecular weight excluding hydrogens is 370 g/mol. The van der Waals surface area contributed by atoms with Crippen LogP contribution in [0.25, 0.3) is 11.1 Å². The number of piperidine rings is 1. The van der Waals surface area contributed by atoms with Gasteiger partial charge in [0.25, 0.3) is 6.01 Å². The maximum Gasteiger partial charge on any atom is 0.298 e. The molecule has 0 saturated carbocycles.